The van der Waals surface area contributed by atoms with Crippen molar-refractivity contribution >= 4 is 5.91 Å². The van der Waals surface area contributed by atoms with Crippen molar-refractivity contribution in [1.82, 2.24) is 5.32 Å². The van der Waals surface area contributed by atoms with Gasteiger partial charge in [0.1, 0.15) is 0 Å². The van der Waals surface area contributed by atoms with Crippen molar-refractivity contribution < 1.29 is 4.79 Å². The maximum absolute atomic E-state index is 11.4. The number of carbonyl (C=O) groups excluding carboxylic acids is 1. The van der Waals surface area contributed by atoms with E-state index in [1.165, 1.54) is 5.57 Å². The minimum atomic E-state index is 0.150. The third kappa shape index (κ3) is 1.77. The van der Waals surface area contributed by atoms with Gasteiger partial charge in [0.15, 0.2) is 0 Å². The SMILES string of the molecule is CNC(=O)C1C(C=C(C)C)C1(C)C. The van der Waals surface area contributed by atoms with Crippen molar-refractivity contribution in [2.75, 3.05) is 7.05 Å². The smallest absolute Gasteiger partial charge is 0.224 e. The molecule has 74 valence electrons. The number of carbonyl (C=O) groups is 1. The van der Waals surface area contributed by atoms with Gasteiger partial charge in [-0.25, -0.2) is 0 Å². The Bertz CT molecular complexity index is 249. The summed E-state index contributed by atoms with van der Waals surface area (Å²) in [5.74, 6) is 0.775. The lowest BCUT2D eigenvalue weighted by Gasteiger charge is -1.99. The Morgan fingerprint density at radius 2 is 1.92 bits per heavy atom. The van der Waals surface area contributed by atoms with Gasteiger partial charge in [0, 0.05) is 7.05 Å². The largest absolute Gasteiger partial charge is 0.359 e. The van der Waals surface area contributed by atoms with Crippen molar-refractivity contribution in [3.63, 3.8) is 0 Å². The lowest BCUT2D eigenvalue weighted by atomic mass is 10.1. The fourth-order valence-electron chi connectivity index (χ4n) is 2.00. The van der Waals surface area contributed by atoms with Gasteiger partial charge in [-0.1, -0.05) is 25.5 Å². The Morgan fingerprint density at radius 1 is 1.38 bits per heavy atom. The van der Waals surface area contributed by atoms with E-state index in [1.807, 2.05) is 0 Å². The van der Waals surface area contributed by atoms with Crippen molar-refractivity contribution in [2.45, 2.75) is 27.7 Å². The summed E-state index contributed by atoms with van der Waals surface area (Å²) in [6.45, 7) is 8.46. The molecule has 1 rings (SSSR count). The second-order valence-corrected chi connectivity index (χ2v) is 4.68. The van der Waals surface area contributed by atoms with E-state index in [9.17, 15) is 4.79 Å². The van der Waals surface area contributed by atoms with Gasteiger partial charge in [0.25, 0.3) is 0 Å². The average Bonchev–Trinajstić information content (AvgIpc) is 2.51. The summed E-state index contributed by atoms with van der Waals surface area (Å²) in [5, 5.41) is 2.72. The molecule has 0 aromatic heterocycles. The summed E-state index contributed by atoms with van der Waals surface area (Å²) in [6.07, 6.45) is 2.21. The third-order valence-corrected chi connectivity index (χ3v) is 2.95. The first kappa shape index (κ1) is 10.3. The van der Waals surface area contributed by atoms with E-state index < -0.39 is 0 Å². The van der Waals surface area contributed by atoms with Crippen LogP contribution in [0.3, 0.4) is 0 Å². The second-order valence-electron chi connectivity index (χ2n) is 4.68. The molecule has 0 aromatic rings. The maximum Gasteiger partial charge on any atom is 0.224 e. The van der Waals surface area contributed by atoms with Crippen molar-refractivity contribution in [3.05, 3.63) is 11.6 Å². The summed E-state index contributed by atoms with van der Waals surface area (Å²) in [5.41, 5.74) is 1.45. The van der Waals surface area contributed by atoms with E-state index in [0.29, 0.717) is 5.92 Å². The molecule has 13 heavy (non-hydrogen) atoms. The quantitative estimate of drug-likeness (QED) is 0.648. The second kappa shape index (κ2) is 3.17. The zero-order valence-corrected chi connectivity index (χ0v) is 9.14. The molecule has 0 bridgehead atoms. The fourth-order valence-corrected chi connectivity index (χ4v) is 2.00. The number of hydrogen-bond donors (Lipinski definition) is 1. The van der Waals surface area contributed by atoms with Crippen LogP contribution in [0.1, 0.15) is 27.7 Å². The van der Waals surface area contributed by atoms with Crippen LogP contribution in [0.4, 0.5) is 0 Å². The predicted octanol–water partition coefficient (Wildman–Crippen LogP) is 1.97. The average molecular weight is 181 g/mol. The Balaban J connectivity index is 2.72. The fraction of sp³-hybridized carbons (Fsp3) is 0.727. The highest BCUT2D eigenvalue weighted by molar-refractivity contribution is 5.83. The summed E-state index contributed by atoms with van der Waals surface area (Å²) in [6, 6.07) is 0. The van der Waals surface area contributed by atoms with Crippen molar-refractivity contribution in [1.29, 1.82) is 0 Å². The lowest BCUT2D eigenvalue weighted by molar-refractivity contribution is -0.122. The van der Waals surface area contributed by atoms with E-state index in [1.54, 1.807) is 7.05 Å². The van der Waals surface area contributed by atoms with Crippen LogP contribution >= 0.6 is 0 Å². The Labute approximate surface area is 80.4 Å². The van der Waals surface area contributed by atoms with Gasteiger partial charge in [-0.3, -0.25) is 4.79 Å². The summed E-state index contributed by atoms with van der Waals surface area (Å²) in [4.78, 5) is 11.4. The standard InChI is InChI=1S/C11H19NO/c1-7(2)6-8-9(10(13)12-5)11(8,3)4/h6,8-9H,1-5H3,(H,12,13). The van der Waals surface area contributed by atoms with E-state index in [-0.39, 0.29) is 17.2 Å². The molecule has 1 aliphatic carbocycles. The van der Waals surface area contributed by atoms with Gasteiger partial charge in [-0.2, -0.15) is 0 Å². The van der Waals surface area contributed by atoms with Crippen molar-refractivity contribution in [2.24, 2.45) is 17.3 Å². The van der Waals surface area contributed by atoms with Gasteiger partial charge in [-0.05, 0) is 25.2 Å². The van der Waals surface area contributed by atoms with Gasteiger partial charge in [0.05, 0.1) is 5.92 Å². The van der Waals surface area contributed by atoms with Gasteiger partial charge >= 0.3 is 0 Å². The van der Waals surface area contributed by atoms with Gasteiger partial charge < -0.3 is 5.32 Å². The normalized spacial score (nSPS) is 29.3. The highest BCUT2D eigenvalue weighted by atomic mass is 16.2. The molecule has 1 aliphatic rings. The molecule has 0 aliphatic heterocycles. The first-order valence-electron chi connectivity index (χ1n) is 4.78. The predicted molar refractivity (Wildman–Crippen MR) is 54.3 cm³/mol. The molecule has 2 atom stereocenters. The minimum Gasteiger partial charge on any atom is -0.359 e. The molecule has 1 fully saturated rings. The minimum absolute atomic E-state index is 0.150. The third-order valence-electron chi connectivity index (χ3n) is 2.95. The molecule has 0 heterocycles. The van der Waals surface area contributed by atoms with Crippen LogP contribution in [0.15, 0.2) is 11.6 Å². The van der Waals surface area contributed by atoms with E-state index >= 15 is 0 Å². The Hall–Kier alpha value is -0.790. The van der Waals surface area contributed by atoms with E-state index in [0.717, 1.165) is 0 Å². The van der Waals surface area contributed by atoms with Crippen LogP contribution in [0, 0.1) is 17.3 Å². The number of rotatable bonds is 2. The molecule has 1 N–H and O–H groups in total. The first-order chi connectivity index (χ1) is 5.91. The number of hydrogen-bond acceptors (Lipinski definition) is 1. The summed E-state index contributed by atoms with van der Waals surface area (Å²) < 4.78 is 0. The van der Waals surface area contributed by atoms with Crippen LogP contribution in [-0.2, 0) is 4.79 Å². The van der Waals surface area contributed by atoms with Crippen LogP contribution in [0.5, 0.6) is 0 Å². The maximum atomic E-state index is 11.4. The van der Waals surface area contributed by atoms with Crippen molar-refractivity contribution in [3.8, 4) is 0 Å². The summed E-state index contributed by atoms with van der Waals surface area (Å²) >= 11 is 0. The lowest BCUT2D eigenvalue weighted by Crippen LogP contribution is -2.22. The molecule has 1 saturated carbocycles. The highest BCUT2D eigenvalue weighted by Gasteiger charge is 2.59. The molecule has 0 radical (unpaired) electrons. The van der Waals surface area contributed by atoms with E-state index in [2.05, 4.69) is 39.1 Å². The molecular formula is C11H19NO. The number of allylic oxidation sites excluding steroid dienone is 2. The first-order valence-corrected chi connectivity index (χ1v) is 4.78. The van der Waals surface area contributed by atoms with Crippen LogP contribution in [0.25, 0.3) is 0 Å². The van der Waals surface area contributed by atoms with E-state index in [4.69, 9.17) is 0 Å². The van der Waals surface area contributed by atoms with Crippen LogP contribution in [0.2, 0.25) is 0 Å². The summed E-state index contributed by atoms with van der Waals surface area (Å²) in [7, 11) is 1.70. The number of amides is 1. The zero-order valence-electron chi connectivity index (χ0n) is 9.14. The monoisotopic (exact) mass is 181 g/mol. The molecule has 2 unspecified atom stereocenters. The van der Waals surface area contributed by atoms with Gasteiger partial charge in [0.2, 0.25) is 5.91 Å². The molecule has 0 aromatic carbocycles. The van der Waals surface area contributed by atoms with Gasteiger partial charge in [-0.15, -0.1) is 0 Å². The topological polar surface area (TPSA) is 29.1 Å². The Kier molecular flexibility index (Phi) is 2.51. The molecular weight excluding hydrogens is 162 g/mol. The Morgan fingerprint density at radius 3 is 2.31 bits per heavy atom. The highest BCUT2D eigenvalue weighted by Crippen LogP contribution is 2.59. The number of nitrogens with one attached hydrogen (secondary N) is 1. The molecule has 0 saturated heterocycles. The molecule has 1 amide bonds. The molecule has 2 heteroatoms. The van der Waals surface area contributed by atoms with Crippen LogP contribution in [-0.4, -0.2) is 13.0 Å². The van der Waals surface area contributed by atoms with Crippen LogP contribution < -0.4 is 5.32 Å². The molecule has 2 nitrogen and oxygen atoms in total. The zero-order chi connectivity index (χ0) is 10.2. The molecule has 0 spiro atoms.